The van der Waals surface area contributed by atoms with Gasteiger partial charge in [-0.25, -0.2) is 0 Å². The summed E-state index contributed by atoms with van der Waals surface area (Å²) in [5, 5.41) is 2.88. The van der Waals surface area contributed by atoms with Gasteiger partial charge in [-0.15, -0.1) is 0 Å². The van der Waals surface area contributed by atoms with Crippen LogP contribution in [0.5, 0.6) is 0 Å². The predicted octanol–water partition coefficient (Wildman–Crippen LogP) is 3.90. The fraction of sp³-hybridized carbons (Fsp3) is 0.133. The third kappa shape index (κ3) is 2.96. The Morgan fingerprint density at radius 3 is 2.63 bits per heavy atom. The second kappa shape index (κ2) is 5.45. The minimum Gasteiger partial charge on any atom is -0.399 e. The molecular weight excluding hydrogens is 304 g/mol. The summed E-state index contributed by atoms with van der Waals surface area (Å²) in [5.74, 6) is -0.122. The first-order valence-corrected chi connectivity index (χ1v) is 6.71. The van der Waals surface area contributed by atoms with E-state index in [2.05, 4.69) is 21.2 Å². The van der Waals surface area contributed by atoms with Crippen LogP contribution < -0.4 is 11.1 Å². The van der Waals surface area contributed by atoms with Crippen molar-refractivity contribution in [3.8, 4) is 0 Å². The van der Waals surface area contributed by atoms with E-state index in [1.165, 1.54) is 0 Å². The lowest BCUT2D eigenvalue weighted by Gasteiger charge is -2.10. The third-order valence-corrected chi connectivity index (χ3v) is 3.90. The van der Waals surface area contributed by atoms with Gasteiger partial charge in [0.15, 0.2) is 0 Å². The Bertz CT molecular complexity index is 638. The van der Waals surface area contributed by atoms with Crippen molar-refractivity contribution in [2.24, 2.45) is 0 Å². The van der Waals surface area contributed by atoms with Crippen molar-refractivity contribution in [3.05, 3.63) is 57.6 Å². The summed E-state index contributed by atoms with van der Waals surface area (Å²) < 4.78 is 0.925. The van der Waals surface area contributed by atoms with E-state index in [1.807, 2.05) is 32.0 Å². The molecule has 19 heavy (non-hydrogen) atoms. The molecule has 2 aromatic carbocycles. The van der Waals surface area contributed by atoms with Crippen LogP contribution in [0.1, 0.15) is 21.5 Å². The molecule has 0 bridgehead atoms. The Hall–Kier alpha value is -1.81. The number of nitrogens with two attached hydrogens (primary N) is 1. The molecule has 0 aromatic heterocycles. The van der Waals surface area contributed by atoms with Crippen LogP contribution in [0.4, 0.5) is 11.4 Å². The molecule has 2 rings (SSSR count). The Morgan fingerprint density at radius 1 is 1.21 bits per heavy atom. The van der Waals surface area contributed by atoms with Crippen LogP contribution in [0.3, 0.4) is 0 Å². The van der Waals surface area contributed by atoms with Gasteiger partial charge in [0, 0.05) is 21.4 Å². The van der Waals surface area contributed by atoms with Gasteiger partial charge in [0.05, 0.1) is 0 Å². The number of anilines is 2. The second-order valence-electron chi connectivity index (χ2n) is 4.44. The molecule has 0 heterocycles. The van der Waals surface area contributed by atoms with Gasteiger partial charge < -0.3 is 11.1 Å². The molecule has 0 radical (unpaired) electrons. The molecule has 0 aliphatic rings. The maximum atomic E-state index is 12.2. The molecule has 0 spiro atoms. The molecule has 2 aromatic rings. The topological polar surface area (TPSA) is 55.1 Å². The number of hydrogen-bond donors (Lipinski definition) is 2. The van der Waals surface area contributed by atoms with Gasteiger partial charge in [-0.2, -0.15) is 0 Å². The molecule has 1 amide bonds. The van der Waals surface area contributed by atoms with Crippen LogP contribution in [0.15, 0.2) is 40.9 Å². The smallest absolute Gasteiger partial charge is 0.255 e. The largest absolute Gasteiger partial charge is 0.399 e. The minimum absolute atomic E-state index is 0.122. The highest BCUT2D eigenvalue weighted by Gasteiger charge is 2.11. The standard InChI is InChI=1S/C15H15BrN2O/c1-9-8-11(6-7-14(9)17)18-15(19)12-4-3-5-13(16)10(12)2/h3-8H,17H2,1-2H3,(H,18,19). The minimum atomic E-state index is -0.122. The zero-order valence-corrected chi connectivity index (χ0v) is 12.4. The van der Waals surface area contributed by atoms with Gasteiger partial charge in [-0.05, 0) is 55.3 Å². The van der Waals surface area contributed by atoms with Gasteiger partial charge in [0.2, 0.25) is 0 Å². The summed E-state index contributed by atoms with van der Waals surface area (Å²) >= 11 is 3.42. The first-order valence-electron chi connectivity index (χ1n) is 5.91. The van der Waals surface area contributed by atoms with E-state index in [0.29, 0.717) is 5.56 Å². The molecule has 0 aliphatic heterocycles. The van der Waals surface area contributed by atoms with Crippen LogP contribution in [0.25, 0.3) is 0 Å². The molecule has 0 atom stereocenters. The Balaban J connectivity index is 2.26. The molecule has 4 heteroatoms. The Labute approximate surface area is 121 Å². The molecule has 0 unspecified atom stereocenters. The average molecular weight is 319 g/mol. The zero-order chi connectivity index (χ0) is 14.0. The normalized spacial score (nSPS) is 10.3. The van der Waals surface area contributed by atoms with Crippen LogP contribution in [-0.2, 0) is 0 Å². The summed E-state index contributed by atoms with van der Waals surface area (Å²) in [4.78, 5) is 12.2. The van der Waals surface area contributed by atoms with Crippen molar-refractivity contribution in [1.82, 2.24) is 0 Å². The quantitative estimate of drug-likeness (QED) is 0.825. The average Bonchev–Trinajstić information content (AvgIpc) is 2.37. The third-order valence-electron chi connectivity index (χ3n) is 3.04. The van der Waals surface area contributed by atoms with Crippen molar-refractivity contribution < 1.29 is 4.79 Å². The van der Waals surface area contributed by atoms with E-state index in [0.717, 1.165) is 27.0 Å². The van der Waals surface area contributed by atoms with Crippen molar-refractivity contribution in [2.45, 2.75) is 13.8 Å². The summed E-state index contributed by atoms with van der Waals surface area (Å²) in [6, 6.07) is 11.0. The van der Waals surface area contributed by atoms with E-state index >= 15 is 0 Å². The summed E-state index contributed by atoms with van der Waals surface area (Å²) in [7, 11) is 0. The van der Waals surface area contributed by atoms with Crippen LogP contribution in [0, 0.1) is 13.8 Å². The molecule has 98 valence electrons. The number of rotatable bonds is 2. The molecule has 3 nitrogen and oxygen atoms in total. The molecule has 0 saturated heterocycles. The van der Waals surface area contributed by atoms with Crippen molar-refractivity contribution in [2.75, 3.05) is 11.1 Å². The summed E-state index contributed by atoms with van der Waals surface area (Å²) in [6.07, 6.45) is 0. The van der Waals surface area contributed by atoms with Gasteiger partial charge in [0.1, 0.15) is 0 Å². The number of hydrogen-bond acceptors (Lipinski definition) is 2. The number of halogens is 1. The molecular formula is C15H15BrN2O. The van der Waals surface area contributed by atoms with Crippen LogP contribution in [0.2, 0.25) is 0 Å². The molecule has 0 saturated carbocycles. The zero-order valence-electron chi connectivity index (χ0n) is 10.8. The molecule has 0 aliphatic carbocycles. The van der Waals surface area contributed by atoms with Crippen LogP contribution >= 0.6 is 15.9 Å². The Kier molecular flexibility index (Phi) is 3.90. The highest BCUT2D eigenvalue weighted by atomic mass is 79.9. The second-order valence-corrected chi connectivity index (χ2v) is 5.29. The maximum Gasteiger partial charge on any atom is 0.255 e. The first-order chi connectivity index (χ1) is 8.99. The summed E-state index contributed by atoms with van der Waals surface area (Å²) in [6.45, 7) is 3.82. The number of carbonyl (C=O) groups excluding carboxylic acids is 1. The SMILES string of the molecule is Cc1cc(NC(=O)c2cccc(Br)c2C)ccc1N. The lowest BCUT2D eigenvalue weighted by atomic mass is 10.1. The number of benzene rings is 2. The fourth-order valence-corrected chi connectivity index (χ4v) is 2.17. The van der Waals surface area contributed by atoms with Gasteiger partial charge in [-0.3, -0.25) is 4.79 Å². The number of nitrogens with one attached hydrogen (secondary N) is 1. The van der Waals surface area contributed by atoms with Gasteiger partial charge >= 0.3 is 0 Å². The number of carbonyl (C=O) groups is 1. The van der Waals surface area contributed by atoms with Crippen molar-refractivity contribution in [3.63, 3.8) is 0 Å². The lowest BCUT2D eigenvalue weighted by Crippen LogP contribution is -2.13. The van der Waals surface area contributed by atoms with E-state index in [4.69, 9.17) is 5.73 Å². The fourth-order valence-electron chi connectivity index (χ4n) is 1.81. The summed E-state index contributed by atoms with van der Waals surface area (Å²) in [5.41, 5.74) is 9.75. The number of amides is 1. The van der Waals surface area contributed by atoms with E-state index in [9.17, 15) is 4.79 Å². The van der Waals surface area contributed by atoms with E-state index in [1.54, 1.807) is 18.2 Å². The van der Waals surface area contributed by atoms with E-state index in [-0.39, 0.29) is 5.91 Å². The number of aryl methyl sites for hydroxylation is 1. The molecule has 0 fully saturated rings. The predicted molar refractivity (Wildman–Crippen MR) is 82.4 cm³/mol. The Morgan fingerprint density at radius 2 is 1.95 bits per heavy atom. The molecule has 3 N–H and O–H groups in total. The maximum absolute atomic E-state index is 12.2. The number of nitrogen functional groups attached to an aromatic ring is 1. The highest BCUT2D eigenvalue weighted by Crippen LogP contribution is 2.21. The highest BCUT2D eigenvalue weighted by molar-refractivity contribution is 9.10. The first kappa shape index (κ1) is 13.6. The van der Waals surface area contributed by atoms with Gasteiger partial charge in [0.25, 0.3) is 5.91 Å². The lowest BCUT2D eigenvalue weighted by molar-refractivity contribution is 0.102. The van der Waals surface area contributed by atoms with Crippen LogP contribution in [-0.4, -0.2) is 5.91 Å². The van der Waals surface area contributed by atoms with Gasteiger partial charge in [-0.1, -0.05) is 22.0 Å². The van der Waals surface area contributed by atoms with Crippen molar-refractivity contribution in [1.29, 1.82) is 0 Å². The van der Waals surface area contributed by atoms with Crippen molar-refractivity contribution >= 4 is 33.2 Å². The van der Waals surface area contributed by atoms with E-state index < -0.39 is 0 Å². The monoisotopic (exact) mass is 318 g/mol.